The van der Waals surface area contributed by atoms with Gasteiger partial charge in [-0.15, -0.1) is 0 Å². The maximum atomic E-state index is 6.41. The fraction of sp³-hybridized carbons (Fsp3) is 0.222. The predicted octanol–water partition coefficient (Wildman–Crippen LogP) is 6.19. The van der Waals surface area contributed by atoms with Crippen LogP contribution >= 0.6 is 39.1 Å². The molecule has 0 amide bonds. The van der Waals surface area contributed by atoms with Crippen LogP contribution in [-0.4, -0.2) is 11.5 Å². The van der Waals surface area contributed by atoms with E-state index in [1.165, 1.54) is 10.9 Å². The smallest absolute Gasteiger partial charge is 0.0512 e. The number of unbranched alkanes of at least 4 members (excludes halogenated alkanes) is 1. The zero-order valence-electron chi connectivity index (χ0n) is 12.5. The fourth-order valence-electron chi connectivity index (χ4n) is 2.84. The summed E-state index contributed by atoms with van der Waals surface area (Å²) in [5.74, 6) is 0. The lowest BCUT2D eigenvalue weighted by molar-refractivity contribution is 0.748. The van der Waals surface area contributed by atoms with Crippen molar-refractivity contribution >= 4 is 50.0 Å². The summed E-state index contributed by atoms with van der Waals surface area (Å²) in [6, 6.07) is 11.8. The molecule has 5 heteroatoms. The quantitative estimate of drug-likeness (QED) is 0.483. The molecular formula is C18H17BrCl2N2. The van der Waals surface area contributed by atoms with Gasteiger partial charge in [-0.05, 0) is 67.8 Å². The van der Waals surface area contributed by atoms with Crippen molar-refractivity contribution in [2.24, 2.45) is 5.73 Å². The number of aromatic nitrogens is 1. The predicted molar refractivity (Wildman–Crippen MR) is 103 cm³/mol. The molecule has 0 radical (unpaired) electrons. The van der Waals surface area contributed by atoms with Crippen molar-refractivity contribution in [3.8, 4) is 11.3 Å². The maximum absolute atomic E-state index is 6.41. The number of nitrogens with one attached hydrogen (secondary N) is 1. The van der Waals surface area contributed by atoms with Crippen LogP contribution in [0.25, 0.3) is 22.2 Å². The molecule has 0 atom stereocenters. The summed E-state index contributed by atoms with van der Waals surface area (Å²) in [4.78, 5) is 3.51. The number of benzene rings is 2. The van der Waals surface area contributed by atoms with Gasteiger partial charge < -0.3 is 10.7 Å². The lowest BCUT2D eigenvalue weighted by Crippen LogP contribution is -1.99. The molecule has 0 fully saturated rings. The molecule has 23 heavy (non-hydrogen) atoms. The first-order valence-corrected chi connectivity index (χ1v) is 9.10. The number of fused-ring (bicyclic) bond motifs is 1. The Morgan fingerprint density at radius 2 is 1.87 bits per heavy atom. The molecule has 0 spiro atoms. The largest absolute Gasteiger partial charge is 0.354 e. The third-order valence-electron chi connectivity index (χ3n) is 3.95. The van der Waals surface area contributed by atoms with Crippen LogP contribution in [0.5, 0.6) is 0 Å². The molecule has 0 saturated carbocycles. The van der Waals surface area contributed by atoms with E-state index in [9.17, 15) is 0 Å². The van der Waals surface area contributed by atoms with Gasteiger partial charge in [-0.2, -0.15) is 0 Å². The van der Waals surface area contributed by atoms with E-state index in [2.05, 4.69) is 33.0 Å². The van der Waals surface area contributed by atoms with Crippen molar-refractivity contribution in [1.82, 2.24) is 4.98 Å². The highest BCUT2D eigenvalue weighted by Crippen LogP contribution is 2.37. The normalized spacial score (nSPS) is 11.3. The van der Waals surface area contributed by atoms with Crippen LogP contribution in [0.15, 0.2) is 40.9 Å². The van der Waals surface area contributed by atoms with Gasteiger partial charge in [0.05, 0.1) is 5.69 Å². The van der Waals surface area contributed by atoms with Crippen molar-refractivity contribution in [2.45, 2.75) is 19.3 Å². The molecule has 3 aromatic rings. The summed E-state index contributed by atoms with van der Waals surface area (Å²) < 4.78 is 1.06. The highest BCUT2D eigenvalue weighted by Gasteiger charge is 2.16. The number of hydrogen-bond acceptors (Lipinski definition) is 1. The number of nitrogens with two attached hydrogens (primary N) is 1. The molecule has 0 unspecified atom stereocenters. The maximum Gasteiger partial charge on any atom is 0.0512 e. The topological polar surface area (TPSA) is 41.8 Å². The van der Waals surface area contributed by atoms with Gasteiger partial charge in [-0.1, -0.05) is 39.1 Å². The second kappa shape index (κ2) is 7.27. The number of halogens is 3. The van der Waals surface area contributed by atoms with E-state index in [0.29, 0.717) is 16.6 Å². The number of aromatic amines is 1. The Balaban J connectivity index is 2.18. The molecule has 2 aromatic carbocycles. The zero-order valence-corrected chi connectivity index (χ0v) is 15.6. The van der Waals surface area contributed by atoms with E-state index < -0.39 is 0 Å². The molecule has 1 aromatic heterocycles. The first-order chi connectivity index (χ1) is 11.1. The molecule has 120 valence electrons. The zero-order chi connectivity index (χ0) is 16.4. The average Bonchev–Trinajstić information content (AvgIpc) is 2.88. The van der Waals surface area contributed by atoms with Crippen molar-refractivity contribution in [1.29, 1.82) is 0 Å². The van der Waals surface area contributed by atoms with E-state index in [0.717, 1.165) is 40.5 Å². The van der Waals surface area contributed by atoms with Crippen molar-refractivity contribution in [3.63, 3.8) is 0 Å². The Labute approximate surface area is 154 Å². The van der Waals surface area contributed by atoms with Gasteiger partial charge in [0.15, 0.2) is 0 Å². The van der Waals surface area contributed by atoms with Crippen LogP contribution in [0.2, 0.25) is 10.0 Å². The van der Waals surface area contributed by atoms with Gasteiger partial charge in [-0.3, -0.25) is 0 Å². The van der Waals surface area contributed by atoms with Gasteiger partial charge in [0.2, 0.25) is 0 Å². The van der Waals surface area contributed by atoms with Gasteiger partial charge in [0.1, 0.15) is 0 Å². The number of hydrogen-bond donors (Lipinski definition) is 2. The minimum absolute atomic E-state index is 0.678. The van der Waals surface area contributed by atoms with Gasteiger partial charge in [-0.25, -0.2) is 0 Å². The summed E-state index contributed by atoms with van der Waals surface area (Å²) in [5.41, 5.74) is 9.99. The molecule has 0 saturated heterocycles. The van der Waals surface area contributed by atoms with Crippen LogP contribution in [0.3, 0.4) is 0 Å². The van der Waals surface area contributed by atoms with Gasteiger partial charge in [0.25, 0.3) is 0 Å². The first-order valence-electron chi connectivity index (χ1n) is 7.55. The highest BCUT2D eigenvalue weighted by molar-refractivity contribution is 9.10. The Morgan fingerprint density at radius 1 is 1.04 bits per heavy atom. The summed E-state index contributed by atoms with van der Waals surface area (Å²) in [5, 5.41) is 2.58. The van der Waals surface area contributed by atoms with Crippen LogP contribution in [-0.2, 0) is 6.42 Å². The number of H-pyrrole nitrogens is 1. The summed E-state index contributed by atoms with van der Waals surface area (Å²) in [6.45, 7) is 0.708. The summed E-state index contributed by atoms with van der Waals surface area (Å²) in [6.07, 6.45) is 3.00. The first kappa shape index (κ1) is 16.8. The van der Waals surface area contributed by atoms with E-state index in [1.807, 2.05) is 18.2 Å². The van der Waals surface area contributed by atoms with E-state index in [1.54, 1.807) is 6.07 Å². The minimum atomic E-state index is 0.678. The van der Waals surface area contributed by atoms with E-state index in [4.69, 9.17) is 28.9 Å². The average molecular weight is 412 g/mol. The molecule has 0 aliphatic carbocycles. The monoisotopic (exact) mass is 410 g/mol. The standard InChI is InChI=1S/C18H17BrCl2N2/c19-11-4-7-17-14(9-11)13(3-1-2-8-22)18(23-17)15-10-12(20)5-6-16(15)21/h4-7,9-10,23H,1-3,8,22H2. The molecule has 0 aliphatic rings. The second-order valence-corrected chi connectivity index (χ2v) is 7.30. The van der Waals surface area contributed by atoms with Crippen molar-refractivity contribution in [2.75, 3.05) is 6.54 Å². The Kier molecular flexibility index (Phi) is 5.32. The third-order valence-corrected chi connectivity index (χ3v) is 5.00. The van der Waals surface area contributed by atoms with Crippen LogP contribution in [0.4, 0.5) is 0 Å². The molecule has 3 N–H and O–H groups in total. The molecule has 0 bridgehead atoms. The molecular weight excluding hydrogens is 395 g/mol. The van der Waals surface area contributed by atoms with Crippen LogP contribution < -0.4 is 5.73 Å². The Morgan fingerprint density at radius 3 is 2.65 bits per heavy atom. The molecule has 2 nitrogen and oxygen atoms in total. The molecule has 3 rings (SSSR count). The lowest BCUT2D eigenvalue weighted by atomic mass is 10.0. The van der Waals surface area contributed by atoms with Crippen molar-refractivity contribution < 1.29 is 0 Å². The van der Waals surface area contributed by atoms with Gasteiger partial charge in [0, 0.05) is 31.0 Å². The minimum Gasteiger partial charge on any atom is -0.354 e. The second-order valence-electron chi connectivity index (χ2n) is 5.54. The molecule has 0 aliphatic heterocycles. The molecule has 1 heterocycles. The van der Waals surface area contributed by atoms with Crippen LogP contribution in [0.1, 0.15) is 18.4 Å². The number of aryl methyl sites for hydroxylation is 1. The van der Waals surface area contributed by atoms with E-state index >= 15 is 0 Å². The lowest BCUT2D eigenvalue weighted by Gasteiger charge is -2.08. The summed E-state index contributed by atoms with van der Waals surface area (Å²) in [7, 11) is 0. The number of rotatable bonds is 5. The van der Waals surface area contributed by atoms with E-state index in [-0.39, 0.29) is 0 Å². The van der Waals surface area contributed by atoms with Crippen LogP contribution in [0, 0.1) is 0 Å². The van der Waals surface area contributed by atoms with Crippen molar-refractivity contribution in [3.05, 3.63) is 56.5 Å². The summed E-state index contributed by atoms with van der Waals surface area (Å²) >= 11 is 16.1. The van der Waals surface area contributed by atoms with Gasteiger partial charge >= 0.3 is 0 Å². The SMILES string of the molecule is NCCCCc1c(-c2cc(Cl)ccc2Cl)[nH]c2ccc(Br)cc12. The highest BCUT2D eigenvalue weighted by atomic mass is 79.9. The fourth-order valence-corrected chi connectivity index (χ4v) is 3.59. The Hall–Kier alpha value is -1.000. The third kappa shape index (κ3) is 3.58. The Bertz CT molecular complexity index is 842.